The fourth-order valence-corrected chi connectivity index (χ4v) is 2.35. The number of aliphatic imine (C=N–C) groups is 1. The molecule has 0 saturated carbocycles. The second-order valence-corrected chi connectivity index (χ2v) is 5.43. The number of phenolic OH excluding ortho intramolecular Hbond substituents is 1. The van der Waals surface area contributed by atoms with Crippen LogP contribution in [0.25, 0.3) is 0 Å². The van der Waals surface area contributed by atoms with Crippen LogP contribution in [0.5, 0.6) is 5.75 Å². The predicted molar refractivity (Wildman–Crippen MR) is 111 cm³/mol. The fraction of sp³-hybridized carbons (Fsp3) is 0.316. The van der Waals surface area contributed by atoms with Crippen molar-refractivity contribution in [1.82, 2.24) is 10.6 Å². The van der Waals surface area contributed by atoms with Gasteiger partial charge < -0.3 is 15.7 Å². The molecule has 0 unspecified atom stereocenters. The first kappa shape index (κ1) is 20.3. The number of rotatable bonds is 7. The molecule has 24 heavy (non-hydrogen) atoms. The summed E-state index contributed by atoms with van der Waals surface area (Å²) < 4.78 is 0. The molecule has 0 aliphatic carbocycles. The molecule has 2 rings (SSSR count). The number of aromatic hydroxyl groups is 1. The van der Waals surface area contributed by atoms with E-state index in [9.17, 15) is 5.11 Å². The van der Waals surface area contributed by atoms with Crippen LogP contribution in [-0.2, 0) is 12.8 Å². The maximum absolute atomic E-state index is 9.26. The fourth-order valence-electron chi connectivity index (χ4n) is 2.35. The summed E-state index contributed by atoms with van der Waals surface area (Å²) in [4.78, 5) is 4.24. The van der Waals surface area contributed by atoms with Crippen LogP contribution in [0.15, 0.2) is 59.6 Å². The highest BCUT2D eigenvalue weighted by Crippen LogP contribution is 2.10. The minimum atomic E-state index is 0. The van der Waals surface area contributed by atoms with Gasteiger partial charge in [-0.3, -0.25) is 4.99 Å². The van der Waals surface area contributed by atoms with E-state index in [1.165, 1.54) is 11.1 Å². The van der Waals surface area contributed by atoms with Crippen molar-refractivity contribution in [2.45, 2.75) is 19.3 Å². The minimum Gasteiger partial charge on any atom is -0.508 e. The van der Waals surface area contributed by atoms with Crippen LogP contribution in [-0.4, -0.2) is 31.2 Å². The molecule has 4 nitrogen and oxygen atoms in total. The van der Waals surface area contributed by atoms with Crippen molar-refractivity contribution in [2.24, 2.45) is 4.99 Å². The molecule has 0 spiro atoms. The van der Waals surface area contributed by atoms with Crippen molar-refractivity contribution in [2.75, 3.05) is 20.1 Å². The molecule has 0 amide bonds. The number of phenols is 1. The molecule has 0 aliphatic rings. The molecular formula is C19H26IN3O. The number of benzene rings is 2. The summed E-state index contributed by atoms with van der Waals surface area (Å²) in [6.07, 6.45) is 2.98. The molecule has 0 aromatic heterocycles. The van der Waals surface area contributed by atoms with E-state index in [-0.39, 0.29) is 24.0 Å². The van der Waals surface area contributed by atoms with Gasteiger partial charge in [0.2, 0.25) is 0 Å². The molecule has 2 aromatic rings. The molecule has 0 aliphatic heterocycles. The summed E-state index contributed by atoms with van der Waals surface area (Å²) in [7, 11) is 1.79. The summed E-state index contributed by atoms with van der Waals surface area (Å²) >= 11 is 0. The largest absolute Gasteiger partial charge is 0.508 e. The van der Waals surface area contributed by atoms with E-state index >= 15 is 0 Å². The molecule has 5 heteroatoms. The molecule has 0 bridgehead atoms. The Morgan fingerprint density at radius 1 is 0.875 bits per heavy atom. The zero-order valence-electron chi connectivity index (χ0n) is 14.0. The second kappa shape index (κ2) is 11.7. The summed E-state index contributed by atoms with van der Waals surface area (Å²) in [6.45, 7) is 1.73. The second-order valence-electron chi connectivity index (χ2n) is 5.43. The van der Waals surface area contributed by atoms with Crippen molar-refractivity contribution >= 4 is 29.9 Å². The van der Waals surface area contributed by atoms with Crippen LogP contribution in [0.4, 0.5) is 0 Å². The molecule has 0 atom stereocenters. The quantitative estimate of drug-likeness (QED) is 0.269. The van der Waals surface area contributed by atoms with Gasteiger partial charge in [-0.05, 0) is 42.5 Å². The SMILES string of the molecule is CN=C(NCCCc1ccc(O)cc1)NCCc1ccccc1.I. The topological polar surface area (TPSA) is 56.7 Å². The van der Waals surface area contributed by atoms with Crippen molar-refractivity contribution < 1.29 is 5.11 Å². The zero-order chi connectivity index (χ0) is 16.3. The van der Waals surface area contributed by atoms with Crippen molar-refractivity contribution in [3.8, 4) is 5.75 Å². The molecule has 0 fully saturated rings. The van der Waals surface area contributed by atoms with E-state index in [0.29, 0.717) is 5.75 Å². The van der Waals surface area contributed by atoms with Crippen LogP contribution in [0.1, 0.15) is 17.5 Å². The van der Waals surface area contributed by atoms with E-state index < -0.39 is 0 Å². The third-order valence-electron chi connectivity index (χ3n) is 3.64. The Balaban J connectivity index is 0.00000288. The van der Waals surface area contributed by atoms with E-state index in [1.54, 1.807) is 19.2 Å². The van der Waals surface area contributed by atoms with Crippen molar-refractivity contribution in [3.63, 3.8) is 0 Å². The molecule has 0 saturated heterocycles. The Labute approximate surface area is 161 Å². The highest BCUT2D eigenvalue weighted by molar-refractivity contribution is 14.0. The van der Waals surface area contributed by atoms with Gasteiger partial charge in [0.05, 0.1) is 0 Å². The minimum absolute atomic E-state index is 0. The van der Waals surface area contributed by atoms with Crippen LogP contribution in [0, 0.1) is 0 Å². The number of hydrogen-bond acceptors (Lipinski definition) is 2. The highest BCUT2D eigenvalue weighted by atomic mass is 127. The van der Waals surface area contributed by atoms with Gasteiger partial charge in [-0.1, -0.05) is 42.5 Å². The van der Waals surface area contributed by atoms with Gasteiger partial charge in [0.25, 0.3) is 0 Å². The average Bonchev–Trinajstić information content (AvgIpc) is 2.59. The summed E-state index contributed by atoms with van der Waals surface area (Å²) in [5.74, 6) is 1.15. The van der Waals surface area contributed by atoms with Gasteiger partial charge in [0, 0.05) is 20.1 Å². The Kier molecular flexibility index (Phi) is 9.91. The maximum atomic E-state index is 9.26. The Bertz CT molecular complexity index is 600. The monoisotopic (exact) mass is 439 g/mol. The normalized spacial score (nSPS) is 10.8. The first-order valence-electron chi connectivity index (χ1n) is 8.04. The van der Waals surface area contributed by atoms with Crippen LogP contribution in [0.2, 0.25) is 0 Å². The van der Waals surface area contributed by atoms with Gasteiger partial charge in [-0.15, -0.1) is 24.0 Å². The summed E-state index contributed by atoms with van der Waals surface area (Å²) in [6, 6.07) is 17.8. The summed E-state index contributed by atoms with van der Waals surface area (Å²) in [5, 5.41) is 15.9. The van der Waals surface area contributed by atoms with E-state index in [4.69, 9.17) is 0 Å². The van der Waals surface area contributed by atoms with E-state index in [1.807, 2.05) is 18.2 Å². The number of nitrogens with zero attached hydrogens (tertiary/aromatic N) is 1. The maximum Gasteiger partial charge on any atom is 0.190 e. The molecule has 3 N–H and O–H groups in total. The van der Waals surface area contributed by atoms with E-state index in [0.717, 1.165) is 38.3 Å². The molecular weight excluding hydrogens is 413 g/mol. The molecule has 0 heterocycles. The first-order chi connectivity index (χ1) is 11.3. The van der Waals surface area contributed by atoms with E-state index in [2.05, 4.69) is 39.9 Å². The number of halogens is 1. The number of hydrogen-bond donors (Lipinski definition) is 3. The number of aryl methyl sites for hydroxylation is 1. The van der Waals surface area contributed by atoms with Crippen molar-refractivity contribution in [3.05, 3.63) is 65.7 Å². The number of nitrogens with one attached hydrogen (secondary N) is 2. The lowest BCUT2D eigenvalue weighted by Gasteiger charge is -2.12. The van der Waals surface area contributed by atoms with Crippen molar-refractivity contribution in [1.29, 1.82) is 0 Å². The predicted octanol–water partition coefficient (Wildman–Crippen LogP) is 3.35. The standard InChI is InChI=1S/C19H25N3O.HI/c1-20-19(22-15-13-16-6-3-2-4-7-16)21-14-5-8-17-9-11-18(23)12-10-17;/h2-4,6-7,9-12,23H,5,8,13-15H2,1H3,(H2,20,21,22);1H. The molecule has 0 radical (unpaired) electrons. The Morgan fingerprint density at radius 3 is 2.17 bits per heavy atom. The van der Waals surface area contributed by atoms with Gasteiger partial charge in [0.1, 0.15) is 5.75 Å². The summed E-state index contributed by atoms with van der Waals surface area (Å²) in [5.41, 5.74) is 2.56. The highest BCUT2D eigenvalue weighted by Gasteiger charge is 1.98. The van der Waals surface area contributed by atoms with Gasteiger partial charge in [-0.2, -0.15) is 0 Å². The molecule has 2 aromatic carbocycles. The lowest BCUT2D eigenvalue weighted by Crippen LogP contribution is -2.38. The first-order valence-corrected chi connectivity index (χ1v) is 8.04. The van der Waals surface area contributed by atoms with Gasteiger partial charge in [0.15, 0.2) is 5.96 Å². The van der Waals surface area contributed by atoms with Crippen LogP contribution >= 0.6 is 24.0 Å². The Hall–Kier alpha value is -1.76. The Morgan fingerprint density at radius 2 is 1.50 bits per heavy atom. The van der Waals surface area contributed by atoms with Crippen LogP contribution < -0.4 is 10.6 Å². The lowest BCUT2D eigenvalue weighted by atomic mass is 10.1. The van der Waals surface area contributed by atoms with Gasteiger partial charge in [-0.25, -0.2) is 0 Å². The average molecular weight is 439 g/mol. The third-order valence-corrected chi connectivity index (χ3v) is 3.64. The number of guanidine groups is 1. The zero-order valence-corrected chi connectivity index (χ0v) is 16.4. The van der Waals surface area contributed by atoms with Crippen LogP contribution in [0.3, 0.4) is 0 Å². The smallest absolute Gasteiger partial charge is 0.190 e. The van der Waals surface area contributed by atoms with Gasteiger partial charge >= 0.3 is 0 Å². The lowest BCUT2D eigenvalue weighted by molar-refractivity contribution is 0.475. The molecule has 130 valence electrons. The third kappa shape index (κ3) is 7.68.